The van der Waals surface area contributed by atoms with Crippen molar-refractivity contribution in [2.75, 3.05) is 14.1 Å². The summed E-state index contributed by atoms with van der Waals surface area (Å²) < 4.78 is 5.57. The molecule has 1 aromatic rings. The molecule has 0 bridgehead atoms. The molecule has 1 heterocycles. The minimum atomic E-state index is -0.0273. The Hall–Kier alpha value is -2.93. The third kappa shape index (κ3) is 6.79. The van der Waals surface area contributed by atoms with Gasteiger partial charge in [-0.2, -0.15) is 0 Å². The van der Waals surface area contributed by atoms with Crippen molar-refractivity contribution < 1.29 is 9.84 Å². The van der Waals surface area contributed by atoms with Gasteiger partial charge in [-0.15, -0.1) is 0 Å². The zero-order chi connectivity index (χ0) is 24.1. The predicted octanol–water partition coefficient (Wildman–Crippen LogP) is 2.27. The van der Waals surface area contributed by atoms with Crippen LogP contribution in [0.1, 0.15) is 47.5 Å². The lowest BCUT2D eigenvalue weighted by atomic mass is 9.89. The Morgan fingerprint density at radius 1 is 1.34 bits per heavy atom. The Kier molecular flexibility index (Phi) is 8.38. The molecular formula is C25H39N5O2. The Bertz CT molecular complexity index is 1010. The number of nitrogens with one attached hydrogen (secondary N) is 3. The summed E-state index contributed by atoms with van der Waals surface area (Å²) in [5, 5.41) is 26.7. The van der Waals surface area contributed by atoms with Gasteiger partial charge in [-0.25, -0.2) is 0 Å². The normalized spacial score (nSPS) is 17.7. The first-order valence-electron chi connectivity index (χ1n) is 11.1. The summed E-state index contributed by atoms with van der Waals surface area (Å²) in [5.41, 5.74) is 6.59. The third-order valence-corrected chi connectivity index (χ3v) is 5.76. The van der Waals surface area contributed by atoms with Crippen LogP contribution in [0.4, 0.5) is 0 Å². The molecule has 32 heavy (non-hydrogen) atoms. The molecule has 0 aromatic heterocycles. The number of ether oxygens (including phenoxy) is 1. The van der Waals surface area contributed by atoms with Gasteiger partial charge in [-0.05, 0) is 76.9 Å². The van der Waals surface area contributed by atoms with Crippen molar-refractivity contribution in [3.05, 3.63) is 52.7 Å². The van der Waals surface area contributed by atoms with Crippen molar-refractivity contribution >= 4 is 17.4 Å². The highest BCUT2D eigenvalue weighted by Gasteiger charge is 2.26. The summed E-state index contributed by atoms with van der Waals surface area (Å²) in [6, 6.07) is 5.42. The molecule has 1 aliphatic heterocycles. The number of nitrogens with zero attached hydrogens (tertiary/aromatic N) is 1. The van der Waals surface area contributed by atoms with Gasteiger partial charge in [0.25, 0.3) is 0 Å². The van der Waals surface area contributed by atoms with Gasteiger partial charge in [0.05, 0.1) is 0 Å². The molecule has 0 amide bonds. The SMILES string of the molecule is CNC(C)(C)CC(CC(C)C)N(C)C(=N)C=CC(N)=c1ccc(=C2NC=C(C)O2)cc1O. The van der Waals surface area contributed by atoms with E-state index in [2.05, 4.69) is 38.3 Å². The maximum atomic E-state index is 10.5. The van der Waals surface area contributed by atoms with Gasteiger partial charge in [0.1, 0.15) is 17.3 Å². The summed E-state index contributed by atoms with van der Waals surface area (Å²) in [6.45, 7) is 10.6. The fourth-order valence-electron chi connectivity index (χ4n) is 3.63. The van der Waals surface area contributed by atoms with Crippen LogP contribution in [-0.4, -0.2) is 41.5 Å². The summed E-state index contributed by atoms with van der Waals surface area (Å²) in [7, 11) is 3.92. The summed E-state index contributed by atoms with van der Waals surface area (Å²) in [4.78, 5) is 2.00. The molecule has 7 heteroatoms. The van der Waals surface area contributed by atoms with Crippen LogP contribution in [0.25, 0.3) is 11.6 Å². The highest BCUT2D eigenvalue weighted by atomic mass is 16.5. The Morgan fingerprint density at radius 2 is 2.03 bits per heavy atom. The molecule has 1 unspecified atom stereocenters. The second-order valence-electron chi connectivity index (χ2n) is 9.47. The van der Waals surface area contributed by atoms with Crippen molar-refractivity contribution in [1.82, 2.24) is 15.5 Å². The van der Waals surface area contributed by atoms with Crippen LogP contribution >= 0.6 is 0 Å². The number of likely N-dealkylation sites (N-methyl/N-ethyl adjacent to an activating group) is 1. The van der Waals surface area contributed by atoms with E-state index in [-0.39, 0.29) is 17.3 Å². The zero-order valence-electron chi connectivity index (χ0n) is 20.4. The molecule has 1 aliphatic rings. The summed E-state index contributed by atoms with van der Waals surface area (Å²) in [6.07, 6.45) is 7.02. The van der Waals surface area contributed by atoms with Gasteiger partial charge in [0, 0.05) is 41.0 Å². The van der Waals surface area contributed by atoms with Crippen molar-refractivity contribution in [1.29, 1.82) is 5.41 Å². The lowest BCUT2D eigenvalue weighted by molar-refractivity contribution is 0.233. The highest BCUT2D eigenvalue weighted by molar-refractivity contribution is 5.91. The lowest BCUT2D eigenvalue weighted by Gasteiger charge is -2.36. The molecule has 1 atom stereocenters. The molecule has 176 valence electrons. The summed E-state index contributed by atoms with van der Waals surface area (Å²) in [5.74, 6) is 2.29. The second-order valence-corrected chi connectivity index (χ2v) is 9.47. The van der Waals surface area contributed by atoms with E-state index < -0.39 is 0 Å². The van der Waals surface area contributed by atoms with Gasteiger partial charge >= 0.3 is 0 Å². The van der Waals surface area contributed by atoms with Crippen LogP contribution in [-0.2, 0) is 4.74 Å². The molecule has 2 rings (SSSR count). The molecule has 7 nitrogen and oxygen atoms in total. The predicted molar refractivity (Wildman–Crippen MR) is 132 cm³/mol. The van der Waals surface area contributed by atoms with E-state index in [1.54, 1.807) is 30.5 Å². The first-order chi connectivity index (χ1) is 14.9. The van der Waals surface area contributed by atoms with E-state index >= 15 is 0 Å². The Labute approximate surface area is 191 Å². The number of hydrogen-bond acceptors (Lipinski definition) is 6. The molecule has 0 saturated heterocycles. The number of nitrogens with two attached hydrogens (primary N) is 1. The van der Waals surface area contributed by atoms with Crippen LogP contribution in [0, 0.1) is 11.3 Å². The van der Waals surface area contributed by atoms with Gasteiger partial charge in [0.2, 0.25) is 5.88 Å². The largest absolute Gasteiger partial charge is 0.507 e. The molecule has 0 radical (unpaired) electrons. The smallest absolute Gasteiger partial charge is 0.204 e. The van der Waals surface area contributed by atoms with Crippen LogP contribution < -0.4 is 26.8 Å². The van der Waals surface area contributed by atoms with Crippen LogP contribution in [0.2, 0.25) is 0 Å². The fraction of sp³-hybridized carbons (Fsp3) is 0.480. The van der Waals surface area contributed by atoms with Crippen molar-refractivity contribution in [3.8, 4) is 5.75 Å². The quantitative estimate of drug-likeness (QED) is 0.313. The number of rotatable bonds is 8. The molecule has 0 spiro atoms. The van der Waals surface area contributed by atoms with E-state index in [9.17, 15) is 5.11 Å². The summed E-state index contributed by atoms with van der Waals surface area (Å²) >= 11 is 0. The van der Waals surface area contributed by atoms with Crippen molar-refractivity contribution in [3.63, 3.8) is 0 Å². The fourth-order valence-corrected chi connectivity index (χ4v) is 3.63. The van der Waals surface area contributed by atoms with E-state index in [1.165, 1.54) is 0 Å². The Balaban J connectivity index is 2.23. The average Bonchev–Trinajstić information content (AvgIpc) is 3.16. The van der Waals surface area contributed by atoms with E-state index in [0.717, 1.165) is 23.8 Å². The van der Waals surface area contributed by atoms with E-state index in [0.29, 0.717) is 28.6 Å². The third-order valence-electron chi connectivity index (χ3n) is 5.76. The molecule has 0 saturated carbocycles. The van der Waals surface area contributed by atoms with Gasteiger partial charge < -0.3 is 31.1 Å². The van der Waals surface area contributed by atoms with E-state index in [4.69, 9.17) is 15.9 Å². The first-order valence-corrected chi connectivity index (χ1v) is 11.1. The van der Waals surface area contributed by atoms with Gasteiger partial charge in [-0.3, -0.25) is 5.41 Å². The number of amidine groups is 1. The standard InChI is InChI=1S/C25H39N5O2/c1-16(2)12-19(14-25(4,5)28-6)30(7)23(27)11-10-21(26)20-9-8-18(13-22(20)31)24-29-15-17(3)32-24/h8-11,13,15-16,19,27-29,31H,12,14,26H2,1-7H3. The molecule has 0 fully saturated rings. The first kappa shape index (κ1) is 25.3. The second kappa shape index (κ2) is 10.6. The number of benzene rings is 1. The lowest BCUT2D eigenvalue weighted by Crippen LogP contribution is -2.46. The Morgan fingerprint density at radius 3 is 2.56 bits per heavy atom. The van der Waals surface area contributed by atoms with Gasteiger partial charge in [0.15, 0.2) is 0 Å². The zero-order valence-corrected chi connectivity index (χ0v) is 20.4. The molecule has 0 aliphatic carbocycles. The van der Waals surface area contributed by atoms with Crippen molar-refractivity contribution in [2.45, 2.75) is 59.0 Å². The maximum Gasteiger partial charge on any atom is 0.204 e. The highest BCUT2D eigenvalue weighted by Crippen LogP contribution is 2.21. The number of aromatic hydroxyl groups is 1. The van der Waals surface area contributed by atoms with Crippen molar-refractivity contribution in [2.24, 2.45) is 11.7 Å². The number of phenols is 1. The van der Waals surface area contributed by atoms with Crippen LogP contribution in [0.5, 0.6) is 5.75 Å². The molecule has 6 N–H and O–H groups in total. The average molecular weight is 442 g/mol. The topological polar surface area (TPSA) is 107 Å². The molecular weight excluding hydrogens is 402 g/mol. The number of allylic oxidation sites excluding steroid dienone is 1. The van der Waals surface area contributed by atoms with E-state index in [1.807, 2.05) is 32.0 Å². The van der Waals surface area contributed by atoms with Crippen LogP contribution in [0.3, 0.4) is 0 Å². The minimum Gasteiger partial charge on any atom is -0.507 e. The van der Waals surface area contributed by atoms with Crippen LogP contribution in [0.15, 0.2) is 42.3 Å². The van der Waals surface area contributed by atoms with Gasteiger partial charge in [-0.1, -0.05) is 13.8 Å². The minimum absolute atomic E-state index is 0.0273. The monoisotopic (exact) mass is 441 g/mol. The molecule has 1 aromatic carbocycles. The number of hydrogen-bond donors (Lipinski definition) is 5. The maximum absolute atomic E-state index is 10.5. The number of phenolic OH excluding ortho intramolecular Hbond substituents is 1.